The third-order valence-corrected chi connectivity index (χ3v) is 3.23. The molecule has 1 saturated carbocycles. The fourth-order valence-electron chi connectivity index (χ4n) is 1.71. The molecule has 0 unspecified atom stereocenters. The minimum Gasteiger partial charge on any atom is -0.381 e. The largest absolute Gasteiger partial charge is 0.381 e. The number of nitrogens with two attached hydrogens (primary N) is 1. The van der Waals surface area contributed by atoms with Gasteiger partial charge in [0.25, 0.3) is 0 Å². The van der Waals surface area contributed by atoms with Gasteiger partial charge in [0, 0.05) is 12.6 Å². The summed E-state index contributed by atoms with van der Waals surface area (Å²) < 4.78 is 3.79. The first-order chi connectivity index (χ1) is 6.36. The first kappa shape index (κ1) is 8.90. The van der Waals surface area contributed by atoms with E-state index in [1.165, 1.54) is 37.2 Å². The van der Waals surface area contributed by atoms with E-state index in [-0.39, 0.29) is 0 Å². The Morgan fingerprint density at radius 1 is 1.46 bits per heavy atom. The number of anilines is 1. The van der Waals surface area contributed by atoms with Gasteiger partial charge in [-0.15, -0.1) is 5.10 Å². The highest BCUT2D eigenvalue weighted by Crippen LogP contribution is 2.19. The fraction of sp³-hybridized carbons (Fsp3) is 0.750. The normalized spacial score (nSPS) is 18.2. The molecule has 5 heteroatoms. The van der Waals surface area contributed by atoms with Crippen LogP contribution < -0.4 is 11.1 Å². The van der Waals surface area contributed by atoms with Crippen LogP contribution >= 0.6 is 11.5 Å². The van der Waals surface area contributed by atoms with Crippen LogP contribution in [0.2, 0.25) is 0 Å². The van der Waals surface area contributed by atoms with Crippen molar-refractivity contribution in [2.75, 3.05) is 5.73 Å². The standard InChI is InChI=1S/C8H14N4S/c9-8-7(13-12-11-8)5-10-6-3-1-2-4-6/h6,10H,1-5,9H2. The Kier molecular flexibility index (Phi) is 2.75. The highest BCUT2D eigenvalue weighted by molar-refractivity contribution is 7.06. The average Bonchev–Trinajstić information content (AvgIpc) is 2.72. The molecule has 4 nitrogen and oxygen atoms in total. The molecule has 0 aliphatic heterocycles. The molecule has 1 aromatic heterocycles. The molecule has 1 aliphatic carbocycles. The van der Waals surface area contributed by atoms with Crippen LogP contribution in [0, 0.1) is 0 Å². The molecular weight excluding hydrogens is 184 g/mol. The van der Waals surface area contributed by atoms with E-state index in [0.717, 1.165) is 11.4 Å². The second kappa shape index (κ2) is 4.02. The summed E-state index contributed by atoms with van der Waals surface area (Å²) in [7, 11) is 0. The van der Waals surface area contributed by atoms with E-state index in [9.17, 15) is 0 Å². The van der Waals surface area contributed by atoms with Crippen LogP contribution in [0.4, 0.5) is 5.82 Å². The highest BCUT2D eigenvalue weighted by atomic mass is 32.1. The third kappa shape index (κ3) is 2.16. The van der Waals surface area contributed by atoms with Gasteiger partial charge in [0.1, 0.15) is 0 Å². The zero-order chi connectivity index (χ0) is 9.10. The van der Waals surface area contributed by atoms with Gasteiger partial charge in [0.05, 0.1) is 4.88 Å². The van der Waals surface area contributed by atoms with Crippen LogP contribution in [-0.4, -0.2) is 15.6 Å². The summed E-state index contributed by atoms with van der Waals surface area (Å²) >= 11 is 1.38. The zero-order valence-electron chi connectivity index (χ0n) is 7.49. The van der Waals surface area contributed by atoms with Crippen molar-refractivity contribution in [3.8, 4) is 0 Å². The molecule has 2 rings (SSSR count). The van der Waals surface area contributed by atoms with E-state index in [0.29, 0.717) is 11.9 Å². The van der Waals surface area contributed by atoms with E-state index >= 15 is 0 Å². The lowest BCUT2D eigenvalue weighted by molar-refractivity contribution is 0.527. The number of hydrogen-bond acceptors (Lipinski definition) is 5. The molecule has 0 amide bonds. The van der Waals surface area contributed by atoms with Crippen LogP contribution in [0.15, 0.2) is 0 Å². The van der Waals surface area contributed by atoms with Crippen molar-refractivity contribution in [3.63, 3.8) is 0 Å². The van der Waals surface area contributed by atoms with Gasteiger partial charge in [-0.2, -0.15) is 0 Å². The summed E-state index contributed by atoms with van der Waals surface area (Å²) in [5, 5.41) is 7.24. The maximum absolute atomic E-state index is 5.62. The van der Waals surface area contributed by atoms with Crippen LogP contribution in [-0.2, 0) is 6.54 Å². The van der Waals surface area contributed by atoms with Gasteiger partial charge in [-0.05, 0) is 24.4 Å². The van der Waals surface area contributed by atoms with Crippen molar-refractivity contribution in [2.45, 2.75) is 38.3 Å². The predicted molar refractivity (Wildman–Crippen MR) is 53.4 cm³/mol. The van der Waals surface area contributed by atoms with Crippen LogP contribution in [0.25, 0.3) is 0 Å². The van der Waals surface area contributed by atoms with Crippen molar-refractivity contribution in [1.82, 2.24) is 14.9 Å². The Hall–Kier alpha value is -0.680. The van der Waals surface area contributed by atoms with Crippen molar-refractivity contribution in [1.29, 1.82) is 0 Å². The Labute approximate surface area is 81.7 Å². The monoisotopic (exact) mass is 198 g/mol. The molecule has 1 aliphatic rings. The molecule has 1 aromatic rings. The predicted octanol–water partition coefficient (Wildman–Crippen LogP) is 1.15. The van der Waals surface area contributed by atoms with Gasteiger partial charge in [0.2, 0.25) is 0 Å². The Bertz CT molecular complexity index is 267. The summed E-state index contributed by atoms with van der Waals surface area (Å²) in [4.78, 5) is 1.06. The zero-order valence-corrected chi connectivity index (χ0v) is 8.31. The quantitative estimate of drug-likeness (QED) is 0.764. The lowest BCUT2D eigenvalue weighted by atomic mass is 10.2. The fourth-order valence-corrected chi connectivity index (χ4v) is 2.22. The van der Waals surface area contributed by atoms with Gasteiger partial charge in [-0.25, -0.2) is 0 Å². The Balaban J connectivity index is 1.82. The Morgan fingerprint density at radius 2 is 2.23 bits per heavy atom. The molecule has 72 valence electrons. The highest BCUT2D eigenvalue weighted by Gasteiger charge is 2.14. The SMILES string of the molecule is Nc1nnsc1CNC1CCCC1. The number of nitrogen functional groups attached to an aromatic ring is 1. The number of nitrogens with one attached hydrogen (secondary N) is 1. The summed E-state index contributed by atoms with van der Waals surface area (Å²) in [6, 6.07) is 0.682. The molecule has 3 N–H and O–H groups in total. The van der Waals surface area contributed by atoms with Crippen LogP contribution in [0.1, 0.15) is 30.6 Å². The van der Waals surface area contributed by atoms with Crippen molar-refractivity contribution in [2.24, 2.45) is 0 Å². The summed E-state index contributed by atoms with van der Waals surface area (Å²) in [5.74, 6) is 0.579. The maximum atomic E-state index is 5.62. The van der Waals surface area contributed by atoms with Gasteiger partial charge >= 0.3 is 0 Å². The van der Waals surface area contributed by atoms with E-state index in [4.69, 9.17) is 5.73 Å². The smallest absolute Gasteiger partial charge is 0.163 e. The number of hydrogen-bond donors (Lipinski definition) is 2. The van der Waals surface area contributed by atoms with Crippen molar-refractivity contribution in [3.05, 3.63) is 4.88 Å². The maximum Gasteiger partial charge on any atom is 0.163 e. The lowest BCUT2D eigenvalue weighted by Gasteiger charge is -2.09. The molecule has 0 radical (unpaired) electrons. The Morgan fingerprint density at radius 3 is 2.85 bits per heavy atom. The van der Waals surface area contributed by atoms with E-state index in [1.54, 1.807) is 0 Å². The summed E-state index contributed by atoms with van der Waals surface area (Å²) in [6.45, 7) is 0.828. The van der Waals surface area contributed by atoms with Crippen LogP contribution in [0.3, 0.4) is 0 Å². The minimum absolute atomic E-state index is 0.579. The van der Waals surface area contributed by atoms with Gasteiger partial charge < -0.3 is 11.1 Å². The second-order valence-corrected chi connectivity index (χ2v) is 4.28. The first-order valence-electron chi connectivity index (χ1n) is 4.66. The molecule has 0 atom stereocenters. The van der Waals surface area contributed by atoms with Crippen molar-refractivity contribution >= 4 is 17.4 Å². The molecule has 13 heavy (non-hydrogen) atoms. The van der Waals surface area contributed by atoms with Crippen LogP contribution in [0.5, 0.6) is 0 Å². The summed E-state index contributed by atoms with van der Waals surface area (Å²) in [5.41, 5.74) is 5.62. The second-order valence-electron chi connectivity index (χ2n) is 3.44. The molecular formula is C8H14N4S. The summed E-state index contributed by atoms with van der Waals surface area (Å²) in [6.07, 6.45) is 5.31. The van der Waals surface area contributed by atoms with Gasteiger partial charge in [0.15, 0.2) is 5.82 Å². The molecule has 0 aromatic carbocycles. The molecule has 0 spiro atoms. The first-order valence-corrected chi connectivity index (χ1v) is 5.43. The number of nitrogens with zero attached hydrogens (tertiary/aromatic N) is 2. The molecule has 0 bridgehead atoms. The van der Waals surface area contributed by atoms with Crippen molar-refractivity contribution < 1.29 is 0 Å². The lowest BCUT2D eigenvalue weighted by Crippen LogP contribution is -2.25. The van der Waals surface area contributed by atoms with Gasteiger partial charge in [-0.1, -0.05) is 17.3 Å². The van der Waals surface area contributed by atoms with E-state index in [2.05, 4.69) is 14.9 Å². The number of aromatic nitrogens is 2. The topological polar surface area (TPSA) is 63.8 Å². The van der Waals surface area contributed by atoms with E-state index < -0.39 is 0 Å². The molecule has 1 heterocycles. The average molecular weight is 198 g/mol. The minimum atomic E-state index is 0.579. The molecule has 0 saturated heterocycles. The third-order valence-electron chi connectivity index (χ3n) is 2.49. The molecule has 1 fully saturated rings. The van der Waals surface area contributed by atoms with E-state index in [1.807, 2.05) is 0 Å². The number of rotatable bonds is 3. The van der Waals surface area contributed by atoms with Gasteiger partial charge in [-0.3, -0.25) is 0 Å².